The Morgan fingerprint density at radius 2 is 1.95 bits per heavy atom. The van der Waals surface area contributed by atoms with Crippen LogP contribution in [0.4, 0.5) is 16.4 Å². The number of anilines is 1. The van der Waals surface area contributed by atoms with E-state index in [2.05, 4.69) is 15.9 Å². The van der Waals surface area contributed by atoms with Gasteiger partial charge in [-0.1, -0.05) is 12.1 Å². The molecule has 0 amide bonds. The smallest absolute Gasteiger partial charge is 0.315 e. The molecule has 10 nitrogen and oxygen atoms in total. The summed E-state index contributed by atoms with van der Waals surface area (Å²) in [7, 11) is 0. The minimum atomic E-state index is -0.680. The zero-order valence-corrected chi connectivity index (χ0v) is 23.3. The van der Waals surface area contributed by atoms with Crippen LogP contribution in [0.3, 0.4) is 0 Å². The van der Waals surface area contributed by atoms with E-state index in [1.54, 1.807) is 19.1 Å². The minimum Gasteiger partial charge on any atom is -0.465 e. The van der Waals surface area contributed by atoms with Gasteiger partial charge in [0.2, 0.25) is 0 Å². The molecule has 0 bridgehead atoms. The number of fused-ring (bicyclic) bond motifs is 1. The average molecular weight is 559 g/mol. The lowest BCUT2D eigenvalue weighted by molar-refractivity contribution is -0.384. The van der Waals surface area contributed by atoms with Crippen molar-refractivity contribution in [2.75, 3.05) is 44.2 Å². The third kappa shape index (κ3) is 5.59. The van der Waals surface area contributed by atoms with Crippen LogP contribution in [0.15, 0.2) is 53.5 Å². The Balaban J connectivity index is 1.36. The molecule has 0 radical (unpaired) electrons. The van der Waals surface area contributed by atoms with E-state index in [9.17, 15) is 14.9 Å². The first-order valence-corrected chi connectivity index (χ1v) is 14.1. The van der Waals surface area contributed by atoms with Gasteiger partial charge in [0.25, 0.3) is 5.69 Å². The van der Waals surface area contributed by atoms with Crippen molar-refractivity contribution in [3.63, 3.8) is 0 Å². The van der Waals surface area contributed by atoms with Crippen LogP contribution in [0, 0.1) is 27.4 Å². The van der Waals surface area contributed by atoms with Crippen LogP contribution in [0.5, 0.6) is 0 Å². The van der Waals surface area contributed by atoms with Crippen molar-refractivity contribution in [2.24, 2.45) is 10.9 Å². The van der Waals surface area contributed by atoms with E-state index in [1.165, 1.54) is 17.6 Å². The van der Waals surface area contributed by atoms with E-state index in [-0.39, 0.29) is 18.3 Å². The molecular weight excluding hydrogens is 528 g/mol. The predicted molar refractivity (Wildman–Crippen MR) is 153 cm³/mol. The van der Waals surface area contributed by atoms with Crippen molar-refractivity contribution in [3.05, 3.63) is 81.0 Å². The summed E-state index contributed by atoms with van der Waals surface area (Å²) in [5.74, 6) is -1.53. The van der Waals surface area contributed by atoms with Gasteiger partial charge in [0.05, 0.1) is 28.9 Å². The minimum absolute atomic E-state index is 0.0216. The second kappa shape index (κ2) is 11.9. The number of nitriles is 1. The number of hydrogen-bond acceptors (Lipinski definition) is 10. The Kier molecular flexibility index (Phi) is 8.19. The number of rotatable bonds is 8. The number of piperazine rings is 1. The van der Waals surface area contributed by atoms with Crippen LogP contribution >= 0.6 is 11.5 Å². The van der Waals surface area contributed by atoms with Crippen molar-refractivity contribution in [1.82, 2.24) is 9.27 Å². The van der Waals surface area contributed by atoms with Gasteiger partial charge in [-0.3, -0.25) is 19.8 Å². The van der Waals surface area contributed by atoms with Crippen LogP contribution in [0.1, 0.15) is 42.1 Å². The summed E-state index contributed by atoms with van der Waals surface area (Å²) in [4.78, 5) is 33.8. The van der Waals surface area contributed by atoms with Gasteiger partial charge >= 0.3 is 5.97 Å². The Morgan fingerprint density at radius 3 is 2.62 bits per heavy atom. The Morgan fingerprint density at radius 1 is 1.20 bits per heavy atom. The van der Waals surface area contributed by atoms with E-state index >= 15 is 0 Å². The third-order valence-electron chi connectivity index (χ3n) is 7.54. The standard InChI is InChI=1S/C29H30N6O4S/c1-3-39-29(36)25-19(2)31-28-27(26(25)21-5-4-6-23(17-21)35(37)38)24(32-40-28)11-12-33-13-15-34(16-14-33)22-9-7-20(18-30)8-10-22/h4-10,17,25-26H,3,11-16H2,1-2H3. The molecule has 3 heterocycles. The fraction of sp³-hybridized carbons (Fsp3) is 0.379. The highest BCUT2D eigenvalue weighted by atomic mass is 32.1. The summed E-state index contributed by atoms with van der Waals surface area (Å²) in [6.07, 6.45) is 0.679. The maximum absolute atomic E-state index is 13.2. The number of aromatic nitrogens is 1. The van der Waals surface area contributed by atoms with Crippen molar-refractivity contribution in [3.8, 4) is 6.07 Å². The highest BCUT2D eigenvalue weighted by Gasteiger charge is 2.41. The van der Waals surface area contributed by atoms with Crippen molar-refractivity contribution in [1.29, 1.82) is 5.26 Å². The van der Waals surface area contributed by atoms with E-state index in [1.807, 2.05) is 37.3 Å². The highest BCUT2D eigenvalue weighted by Crippen LogP contribution is 2.47. The summed E-state index contributed by atoms with van der Waals surface area (Å²) in [5.41, 5.74) is 4.79. The molecule has 2 aromatic carbocycles. The quantitative estimate of drug-likeness (QED) is 0.221. The number of non-ortho nitro benzene ring substituents is 1. The molecule has 2 aliphatic heterocycles. The third-order valence-corrected chi connectivity index (χ3v) is 8.33. The Labute approximate surface area is 236 Å². The second-order valence-electron chi connectivity index (χ2n) is 9.90. The zero-order chi connectivity index (χ0) is 28.2. The normalized spacial score (nSPS) is 18.9. The number of nitrogens with zero attached hydrogens (tertiary/aromatic N) is 6. The number of ether oxygens (including phenoxy) is 1. The largest absolute Gasteiger partial charge is 0.465 e. The molecule has 1 fully saturated rings. The molecule has 11 heteroatoms. The average Bonchev–Trinajstić information content (AvgIpc) is 3.38. The Bertz CT molecular complexity index is 1470. The number of hydrogen-bond donors (Lipinski definition) is 0. The highest BCUT2D eigenvalue weighted by molar-refractivity contribution is 7.10. The zero-order valence-electron chi connectivity index (χ0n) is 22.4. The van der Waals surface area contributed by atoms with Crippen LogP contribution in [0.25, 0.3) is 0 Å². The van der Waals surface area contributed by atoms with Crippen molar-refractivity contribution in [2.45, 2.75) is 26.2 Å². The number of nitro benzene ring substituents is 1. The molecular formula is C29H30N6O4S. The van der Waals surface area contributed by atoms with E-state index in [0.717, 1.165) is 54.7 Å². The fourth-order valence-electron chi connectivity index (χ4n) is 5.50. The molecule has 2 atom stereocenters. The van der Waals surface area contributed by atoms with Crippen LogP contribution < -0.4 is 4.90 Å². The summed E-state index contributed by atoms with van der Waals surface area (Å²) in [5, 5.41) is 21.4. The first-order valence-electron chi connectivity index (χ1n) is 13.3. The fourth-order valence-corrected chi connectivity index (χ4v) is 6.42. The lowest BCUT2D eigenvalue weighted by Gasteiger charge is -2.36. The number of aliphatic imine (C=N–C) groups is 1. The van der Waals surface area contributed by atoms with Gasteiger partial charge in [0, 0.05) is 74.2 Å². The van der Waals surface area contributed by atoms with Gasteiger partial charge in [-0.05, 0) is 55.2 Å². The molecule has 3 aromatic rings. The summed E-state index contributed by atoms with van der Waals surface area (Å²) >= 11 is 1.31. The van der Waals surface area contributed by atoms with Gasteiger partial charge in [-0.15, -0.1) is 0 Å². The molecule has 2 aliphatic rings. The van der Waals surface area contributed by atoms with E-state index in [4.69, 9.17) is 19.4 Å². The molecule has 0 spiro atoms. The van der Waals surface area contributed by atoms with Gasteiger partial charge in [-0.25, -0.2) is 4.99 Å². The number of carbonyl (C=O) groups excluding carboxylic acids is 1. The maximum Gasteiger partial charge on any atom is 0.315 e. The van der Waals surface area contributed by atoms with Crippen LogP contribution in [-0.4, -0.2) is 65.2 Å². The molecule has 0 saturated carbocycles. The monoisotopic (exact) mass is 558 g/mol. The lowest BCUT2D eigenvalue weighted by atomic mass is 9.76. The molecule has 1 saturated heterocycles. The Hall–Kier alpha value is -4.14. The van der Waals surface area contributed by atoms with Gasteiger partial charge in [-0.2, -0.15) is 9.64 Å². The lowest BCUT2D eigenvalue weighted by Crippen LogP contribution is -2.47. The number of esters is 1. The number of carbonyl (C=O) groups is 1. The van der Waals surface area contributed by atoms with Crippen molar-refractivity contribution < 1.29 is 14.5 Å². The first-order chi connectivity index (χ1) is 19.4. The van der Waals surface area contributed by atoms with E-state index < -0.39 is 16.8 Å². The number of nitro groups is 1. The molecule has 206 valence electrons. The molecule has 1 aromatic heterocycles. The topological polar surface area (TPSA) is 125 Å². The maximum atomic E-state index is 13.2. The second-order valence-corrected chi connectivity index (χ2v) is 10.6. The molecule has 0 aliphatic carbocycles. The van der Waals surface area contributed by atoms with Gasteiger partial charge in [0.15, 0.2) is 0 Å². The molecule has 5 rings (SSSR count). The van der Waals surface area contributed by atoms with Gasteiger partial charge in [0.1, 0.15) is 10.9 Å². The van der Waals surface area contributed by atoms with Gasteiger partial charge < -0.3 is 9.64 Å². The number of benzene rings is 2. The first kappa shape index (κ1) is 27.4. The summed E-state index contributed by atoms with van der Waals surface area (Å²) < 4.78 is 10.2. The molecule has 0 N–H and O–H groups in total. The predicted octanol–water partition coefficient (Wildman–Crippen LogP) is 4.70. The van der Waals surface area contributed by atoms with Crippen LogP contribution in [0.2, 0.25) is 0 Å². The summed E-state index contributed by atoms with van der Waals surface area (Å²) in [6.45, 7) is 8.15. The van der Waals surface area contributed by atoms with E-state index in [0.29, 0.717) is 23.3 Å². The SMILES string of the molecule is CCOC(=O)C1C(C)=Nc2snc(CCN3CCN(c4ccc(C#N)cc4)CC3)c2C1c1cccc([N+](=O)[O-])c1. The summed E-state index contributed by atoms with van der Waals surface area (Å²) in [6, 6.07) is 16.3. The molecule has 40 heavy (non-hydrogen) atoms. The molecule has 2 unspecified atom stereocenters. The van der Waals surface area contributed by atoms with Crippen molar-refractivity contribution >= 4 is 39.6 Å². The van der Waals surface area contributed by atoms with Crippen LogP contribution in [-0.2, 0) is 16.0 Å².